The summed E-state index contributed by atoms with van der Waals surface area (Å²) >= 11 is 0. The highest BCUT2D eigenvalue weighted by molar-refractivity contribution is 5.74. The third-order valence-electron chi connectivity index (χ3n) is 3.18. The van der Waals surface area contributed by atoms with E-state index >= 15 is 0 Å². The maximum atomic E-state index is 11.6. The number of carbonyl (C=O) groups excluding carboxylic acids is 1. The van der Waals surface area contributed by atoms with Gasteiger partial charge in [-0.05, 0) is 32.9 Å². The lowest BCUT2D eigenvalue weighted by molar-refractivity contribution is 0.152. The van der Waals surface area contributed by atoms with Crippen LogP contribution in [0.5, 0.6) is 0 Å². The highest BCUT2D eigenvalue weighted by Gasteiger charge is 2.23. The average Bonchev–Trinajstić information content (AvgIpc) is 2.16. The number of likely N-dealkylation sites (tertiary alicyclic amines) is 1. The lowest BCUT2D eigenvalue weighted by Crippen LogP contribution is -2.61. The molecule has 2 aliphatic heterocycles. The number of rotatable bonds is 2. The van der Waals surface area contributed by atoms with Crippen LogP contribution in [0.2, 0.25) is 0 Å². The Morgan fingerprint density at radius 1 is 1.33 bits per heavy atom. The summed E-state index contributed by atoms with van der Waals surface area (Å²) in [6.07, 6.45) is 3.72. The van der Waals surface area contributed by atoms with Crippen LogP contribution in [0.1, 0.15) is 19.3 Å². The molecule has 0 aromatic rings. The van der Waals surface area contributed by atoms with E-state index in [0.29, 0.717) is 6.04 Å². The van der Waals surface area contributed by atoms with Gasteiger partial charge in [-0.2, -0.15) is 0 Å². The Hall–Kier alpha value is -0.810. The molecule has 3 N–H and O–H groups in total. The first kappa shape index (κ1) is 10.7. The van der Waals surface area contributed by atoms with Crippen LogP contribution < -0.4 is 16.0 Å². The van der Waals surface area contributed by atoms with Crippen molar-refractivity contribution in [1.29, 1.82) is 0 Å². The van der Waals surface area contributed by atoms with Crippen molar-refractivity contribution in [2.75, 3.05) is 26.7 Å². The Kier molecular flexibility index (Phi) is 3.43. The van der Waals surface area contributed by atoms with E-state index in [9.17, 15) is 4.79 Å². The Morgan fingerprint density at radius 3 is 2.73 bits per heavy atom. The molecule has 0 radical (unpaired) electrons. The fourth-order valence-electron chi connectivity index (χ4n) is 2.03. The second-order valence-electron chi connectivity index (χ2n) is 4.47. The topological polar surface area (TPSA) is 56.4 Å². The molecule has 2 heterocycles. The first-order chi connectivity index (χ1) is 7.25. The molecule has 2 saturated heterocycles. The summed E-state index contributed by atoms with van der Waals surface area (Å²) in [4.78, 5) is 13.8. The maximum Gasteiger partial charge on any atom is 0.316 e. The van der Waals surface area contributed by atoms with Crippen molar-refractivity contribution in [3.8, 4) is 0 Å². The number of amides is 2. The molecule has 0 aromatic heterocycles. The van der Waals surface area contributed by atoms with Gasteiger partial charge < -0.3 is 16.0 Å². The van der Waals surface area contributed by atoms with Crippen LogP contribution in [0.15, 0.2) is 0 Å². The van der Waals surface area contributed by atoms with Gasteiger partial charge in [0.25, 0.3) is 0 Å². The van der Waals surface area contributed by atoms with Crippen LogP contribution in [0.3, 0.4) is 0 Å². The fourth-order valence-corrected chi connectivity index (χ4v) is 2.03. The van der Waals surface area contributed by atoms with Crippen molar-refractivity contribution in [2.45, 2.75) is 31.5 Å². The highest BCUT2D eigenvalue weighted by atomic mass is 16.2. The standard InChI is InChI=1S/C10H20N4O/c1-14-5-3-2-4-9(14)13-10(15)12-8-6-11-7-8/h8-9,11H,2-7H2,1H3,(H2,12,13,15). The summed E-state index contributed by atoms with van der Waals surface area (Å²) in [6, 6.07) is 0.291. The molecule has 2 rings (SSSR count). The highest BCUT2D eigenvalue weighted by Crippen LogP contribution is 2.12. The number of piperidine rings is 1. The van der Waals surface area contributed by atoms with E-state index < -0.39 is 0 Å². The van der Waals surface area contributed by atoms with Crippen molar-refractivity contribution in [1.82, 2.24) is 20.9 Å². The Labute approximate surface area is 90.6 Å². The molecule has 0 aromatic carbocycles. The van der Waals surface area contributed by atoms with E-state index in [4.69, 9.17) is 0 Å². The van der Waals surface area contributed by atoms with Gasteiger partial charge in [-0.15, -0.1) is 0 Å². The zero-order valence-corrected chi connectivity index (χ0v) is 9.25. The average molecular weight is 212 g/mol. The van der Waals surface area contributed by atoms with E-state index in [0.717, 1.165) is 26.1 Å². The lowest BCUT2D eigenvalue weighted by atomic mass is 10.1. The molecular weight excluding hydrogens is 192 g/mol. The third kappa shape index (κ3) is 2.82. The van der Waals surface area contributed by atoms with E-state index in [1.165, 1.54) is 12.8 Å². The Bertz CT molecular complexity index is 229. The van der Waals surface area contributed by atoms with Crippen molar-refractivity contribution in [2.24, 2.45) is 0 Å². The molecule has 2 fully saturated rings. The molecule has 2 amide bonds. The molecule has 5 heteroatoms. The first-order valence-electron chi connectivity index (χ1n) is 5.73. The van der Waals surface area contributed by atoms with Crippen LogP contribution in [-0.4, -0.2) is 49.8 Å². The van der Waals surface area contributed by atoms with Gasteiger partial charge in [0.2, 0.25) is 0 Å². The van der Waals surface area contributed by atoms with E-state index in [-0.39, 0.29) is 12.2 Å². The summed E-state index contributed by atoms with van der Waals surface area (Å²) in [7, 11) is 2.06. The normalized spacial score (nSPS) is 28.2. The smallest absolute Gasteiger partial charge is 0.316 e. The number of carbonyl (C=O) groups is 1. The molecule has 5 nitrogen and oxygen atoms in total. The van der Waals surface area contributed by atoms with Crippen LogP contribution in [0.25, 0.3) is 0 Å². The molecular formula is C10H20N4O. The van der Waals surface area contributed by atoms with Crippen molar-refractivity contribution in [3.63, 3.8) is 0 Å². The fraction of sp³-hybridized carbons (Fsp3) is 0.900. The summed E-state index contributed by atoms with van der Waals surface area (Å²) in [5.74, 6) is 0. The second-order valence-corrected chi connectivity index (χ2v) is 4.47. The summed E-state index contributed by atoms with van der Waals surface area (Å²) in [6.45, 7) is 2.87. The van der Waals surface area contributed by atoms with Gasteiger partial charge in [-0.25, -0.2) is 4.79 Å². The molecule has 86 valence electrons. The molecule has 15 heavy (non-hydrogen) atoms. The van der Waals surface area contributed by atoms with E-state index in [1.807, 2.05) is 0 Å². The van der Waals surface area contributed by atoms with Gasteiger partial charge in [0.05, 0.1) is 12.2 Å². The predicted molar refractivity (Wildman–Crippen MR) is 58.6 cm³/mol. The minimum Gasteiger partial charge on any atom is -0.333 e. The van der Waals surface area contributed by atoms with Gasteiger partial charge in [-0.1, -0.05) is 0 Å². The predicted octanol–water partition coefficient (Wildman–Crippen LogP) is -0.301. The van der Waals surface area contributed by atoms with Gasteiger partial charge in [0, 0.05) is 13.1 Å². The van der Waals surface area contributed by atoms with Crippen molar-refractivity contribution >= 4 is 6.03 Å². The van der Waals surface area contributed by atoms with Gasteiger partial charge >= 0.3 is 6.03 Å². The number of urea groups is 1. The van der Waals surface area contributed by atoms with Crippen LogP contribution >= 0.6 is 0 Å². The molecule has 0 saturated carbocycles. The van der Waals surface area contributed by atoms with Crippen molar-refractivity contribution < 1.29 is 4.79 Å². The molecule has 0 aliphatic carbocycles. The van der Waals surface area contributed by atoms with Crippen LogP contribution in [-0.2, 0) is 0 Å². The number of nitrogens with zero attached hydrogens (tertiary/aromatic N) is 1. The summed E-state index contributed by atoms with van der Waals surface area (Å²) in [5.41, 5.74) is 0. The minimum absolute atomic E-state index is 0.0275. The quantitative estimate of drug-likeness (QED) is 0.589. The number of nitrogens with one attached hydrogen (secondary N) is 3. The molecule has 1 atom stereocenters. The third-order valence-corrected chi connectivity index (χ3v) is 3.18. The van der Waals surface area contributed by atoms with Crippen LogP contribution in [0.4, 0.5) is 4.79 Å². The SMILES string of the molecule is CN1CCCCC1NC(=O)NC1CNC1. The largest absolute Gasteiger partial charge is 0.333 e. The maximum absolute atomic E-state index is 11.6. The van der Waals surface area contributed by atoms with Gasteiger partial charge in [0.1, 0.15) is 0 Å². The Morgan fingerprint density at radius 2 is 2.13 bits per heavy atom. The minimum atomic E-state index is -0.0275. The monoisotopic (exact) mass is 212 g/mol. The zero-order chi connectivity index (χ0) is 10.7. The van der Waals surface area contributed by atoms with Gasteiger partial charge in [0.15, 0.2) is 0 Å². The first-order valence-corrected chi connectivity index (χ1v) is 5.73. The lowest BCUT2D eigenvalue weighted by Gasteiger charge is -2.34. The van der Waals surface area contributed by atoms with Gasteiger partial charge in [-0.3, -0.25) is 4.90 Å². The van der Waals surface area contributed by atoms with E-state index in [2.05, 4.69) is 27.9 Å². The Balaban J connectivity index is 1.71. The molecule has 0 bridgehead atoms. The van der Waals surface area contributed by atoms with E-state index in [1.54, 1.807) is 0 Å². The molecule has 0 spiro atoms. The number of hydrogen-bond donors (Lipinski definition) is 3. The van der Waals surface area contributed by atoms with Crippen LogP contribution in [0, 0.1) is 0 Å². The summed E-state index contributed by atoms with van der Waals surface area (Å²) < 4.78 is 0. The molecule has 2 aliphatic rings. The van der Waals surface area contributed by atoms with Crippen molar-refractivity contribution in [3.05, 3.63) is 0 Å². The molecule has 1 unspecified atom stereocenters. The summed E-state index contributed by atoms with van der Waals surface area (Å²) in [5, 5.41) is 9.09. The number of hydrogen-bond acceptors (Lipinski definition) is 3. The zero-order valence-electron chi connectivity index (χ0n) is 9.25. The second kappa shape index (κ2) is 4.81.